The number of anilines is 1. The van der Waals surface area contributed by atoms with Crippen molar-refractivity contribution in [3.8, 4) is 33.5 Å². The Morgan fingerprint density at radius 3 is 1.42 bits per heavy atom. The van der Waals surface area contributed by atoms with Crippen molar-refractivity contribution >= 4 is 5.82 Å². The van der Waals surface area contributed by atoms with Crippen LogP contribution in [0.5, 0.6) is 0 Å². The molecule has 0 radical (unpaired) electrons. The third-order valence-electron chi connectivity index (χ3n) is 4.22. The minimum Gasteiger partial charge on any atom is -0.385 e. The van der Waals surface area contributed by atoms with Crippen LogP contribution in [0.2, 0.25) is 0 Å². The van der Waals surface area contributed by atoms with E-state index >= 15 is 0 Å². The molecule has 0 atom stereocenters. The Hall–Kier alpha value is -3.26. The molecule has 0 unspecified atom stereocenters. The lowest BCUT2D eigenvalue weighted by Gasteiger charge is -2.09. The number of H-pyrrole nitrogens is 1. The smallest absolute Gasteiger partial charge is 0.109 e. The van der Waals surface area contributed by atoms with E-state index < -0.39 is 0 Å². The van der Waals surface area contributed by atoms with Crippen LogP contribution >= 0.6 is 0 Å². The molecule has 0 aliphatic rings. The maximum atomic E-state index is 6.39. The average molecular weight is 310 g/mol. The lowest BCUT2D eigenvalue weighted by atomic mass is 9.94. The summed E-state index contributed by atoms with van der Waals surface area (Å²) in [6, 6.07) is 31.0. The van der Waals surface area contributed by atoms with Gasteiger partial charge in [0.2, 0.25) is 0 Å². The maximum absolute atomic E-state index is 6.39. The Morgan fingerprint density at radius 1 is 0.500 bits per heavy atom. The molecular weight excluding hydrogens is 292 g/mol. The Labute approximate surface area is 141 Å². The Bertz CT molecular complexity index is 939. The van der Waals surface area contributed by atoms with Gasteiger partial charge in [0.25, 0.3) is 0 Å². The largest absolute Gasteiger partial charge is 0.385 e. The zero-order chi connectivity index (χ0) is 16.4. The maximum Gasteiger partial charge on any atom is 0.109 e. The first-order chi connectivity index (χ1) is 11.8. The van der Waals surface area contributed by atoms with Gasteiger partial charge in [-0.15, -0.1) is 0 Å². The van der Waals surface area contributed by atoms with E-state index in [0.717, 1.165) is 33.5 Å². The van der Waals surface area contributed by atoms with Crippen molar-refractivity contribution in [2.24, 2.45) is 0 Å². The Kier molecular flexibility index (Phi) is 3.64. The summed E-state index contributed by atoms with van der Waals surface area (Å²) in [4.78, 5) is 3.40. The number of hydrogen-bond donors (Lipinski definition) is 2. The highest BCUT2D eigenvalue weighted by Crippen LogP contribution is 2.43. The second-order valence-electron chi connectivity index (χ2n) is 5.76. The summed E-state index contributed by atoms with van der Waals surface area (Å²) in [6.45, 7) is 0. The molecule has 116 valence electrons. The van der Waals surface area contributed by atoms with Crippen LogP contribution in [0.15, 0.2) is 91.0 Å². The molecule has 24 heavy (non-hydrogen) atoms. The molecule has 0 bridgehead atoms. The highest BCUT2D eigenvalue weighted by Gasteiger charge is 2.19. The Balaban J connectivity index is 2.03. The first-order valence-corrected chi connectivity index (χ1v) is 8.02. The summed E-state index contributed by atoms with van der Waals surface area (Å²) >= 11 is 0. The van der Waals surface area contributed by atoms with E-state index in [0.29, 0.717) is 5.82 Å². The van der Waals surface area contributed by atoms with Gasteiger partial charge in [-0.3, -0.25) is 0 Å². The topological polar surface area (TPSA) is 41.8 Å². The fraction of sp³-hybridized carbons (Fsp3) is 0. The molecule has 3 N–H and O–H groups in total. The van der Waals surface area contributed by atoms with Crippen molar-refractivity contribution in [1.82, 2.24) is 4.98 Å². The lowest BCUT2D eigenvalue weighted by Crippen LogP contribution is -1.88. The summed E-state index contributed by atoms with van der Waals surface area (Å²) in [5.41, 5.74) is 13.1. The van der Waals surface area contributed by atoms with Gasteiger partial charge in [0, 0.05) is 11.1 Å². The average Bonchev–Trinajstić information content (AvgIpc) is 3.01. The van der Waals surface area contributed by atoms with E-state index in [9.17, 15) is 0 Å². The number of aromatic amines is 1. The van der Waals surface area contributed by atoms with Gasteiger partial charge in [-0.25, -0.2) is 0 Å². The normalized spacial score (nSPS) is 10.7. The second kappa shape index (κ2) is 6.09. The SMILES string of the molecule is Nc1[nH]c(-c2ccccc2)c(-c2ccccc2)c1-c1ccccc1. The van der Waals surface area contributed by atoms with Crippen LogP contribution in [0, 0.1) is 0 Å². The number of benzene rings is 3. The number of rotatable bonds is 3. The molecule has 4 aromatic rings. The molecule has 1 aromatic heterocycles. The van der Waals surface area contributed by atoms with Gasteiger partial charge in [-0.05, 0) is 16.7 Å². The van der Waals surface area contributed by atoms with Crippen molar-refractivity contribution < 1.29 is 0 Å². The van der Waals surface area contributed by atoms with Crippen molar-refractivity contribution in [2.75, 3.05) is 5.73 Å². The molecule has 3 aromatic carbocycles. The zero-order valence-electron chi connectivity index (χ0n) is 13.2. The molecule has 0 amide bonds. The van der Waals surface area contributed by atoms with Gasteiger partial charge in [-0.1, -0.05) is 91.0 Å². The third kappa shape index (κ3) is 2.48. The molecule has 0 saturated carbocycles. The molecule has 0 saturated heterocycles. The van der Waals surface area contributed by atoms with Crippen LogP contribution < -0.4 is 5.73 Å². The Morgan fingerprint density at radius 2 is 0.917 bits per heavy atom. The van der Waals surface area contributed by atoms with E-state index in [1.54, 1.807) is 0 Å². The van der Waals surface area contributed by atoms with E-state index in [4.69, 9.17) is 5.73 Å². The quantitative estimate of drug-likeness (QED) is 0.508. The third-order valence-corrected chi connectivity index (χ3v) is 4.22. The minimum atomic E-state index is 0.693. The molecule has 0 spiro atoms. The van der Waals surface area contributed by atoms with Crippen LogP contribution in [0.3, 0.4) is 0 Å². The van der Waals surface area contributed by atoms with Crippen LogP contribution in [-0.4, -0.2) is 4.98 Å². The fourth-order valence-corrected chi connectivity index (χ4v) is 3.14. The van der Waals surface area contributed by atoms with E-state index in [-0.39, 0.29) is 0 Å². The van der Waals surface area contributed by atoms with Gasteiger partial charge < -0.3 is 10.7 Å². The van der Waals surface area contributed by atoms with Gasteiger partial charge >= 0.3 is 0 Å². The molecule has 4 rings (SSSR count). The lowest BCUT2D eigenvalue weighted by molar-refractivity contribution is 1.40. The van der Waals surface area contributed by atoms with Crippen LogP contribution in [-0.2, 0) is 0 Å². The van der Waals surface area contributed by atoms with Gasteiger partial charge in [0.1, 0.15) is 5.82 Å². The predicted molar refractivity (Wildman–Crippen MR) is 102 cm³/mol. The molecule has 2 heteroatoms. The van der Waals surface area contributed by atoms with Crippen molar-refractivity contribution in [3.63, 3.8) is 0 Å². The first kappa shape index (κ1) is 14.3. The number of nitrogens with one attached hydrogen (secondary N) is 1. The zero-order valence-corrected chi connectivity index (χ0v) is 13.2. The van der Waals surface area contributed by atoms with Crippen molar-refractivity contribution in [3.05, 3.63) is 91.0 Å². The molecular formula is C22H18N2. The van der Waals surface area contributed by atoms with Gasteiger partial charge in [0.15, 0.2) is 0 Å². The standard InChI is InChI=1S/C22H18N2/c23-22-20(17-12-6-2-7-13-17)19(16-10-4-1-5-11-16)21(24-22)18-14-8-3-9-15-18/h1-15,24H,23H2. The van der Waals surface area contributed by atoms with Gasteiger partial charge in [-0.2, -0.15) is 0 Å². The molecule has 2 nitrogen and oxygen atoms in total. The van der Waals surface area contributed by atoms with Crippen LogP contribution in [0.1, 0.15) is 0 Å². The summed E-state index contributed by atoms with van der Waals surface area (Å²) in [5.74, 6) is 0.693. The minimum absolute atomic E-state index is 0.693. The molecule has 0 aliphatic carbocycles. The highest BCUT2D eigenvalue weighted by atomic mass is 14.9. The van der Waals surface area contributed by atoms with Crippen LogP contribution in [0.4, 0.5) is 5.82 Å². The number of nitrogens with two attached hydrogens (primary N) is 1. The summed E-state index contributed by atoms with van der Waals surface area (Å²) in [5, 5.41) is 0. The summed E-state index contributed by atoms with van der Waals surface area (Å²) in [6.07, 6.45) is 0. The second-order valence-corrected chi connectivity index (χ2v) is 5.76. The number of aromatic nitrogens is 1. The van der Waals surface area contributed by atoms with Crippen LogP contribution in [0.25, 0.3) is 33.5 Å². The molecule has 1 heterocycles. The fourth-order valence-electron chi connectivity index (χ4n) is 3.14. The monoisotopic (exact) mass is 310 g/mol. The van der Waals surface area contributed by atoms with E-state index in [2.05, 4.69) is 53.5 Å². The first-order valence-electron chi connectivity index (χ1n) is 8.02. The van der Waals surface area contributed by atoms with Crippen molar-refractivity contribution in [2.45, 2.75) is 0 Å². The predicted octanol–water partition coefficient (Wildman–Crippen LogP) is 5.60. The summed E-state index contributed by atoms with van der Waals surface area (Å²) in [7, 11) is 0. The highest BCUT2D eigenvalue weighted by molar-refractivity contribution is 5.99. The summed E-state index contributed by atoms with van der Waals surface area (Å²) < 4.78 is 0. The van der Waals surface area contributed by atoms with Gasteiger partial charge in [0.05, 0.1) is 5.69 Å². The molecule has 0 aliphatic heterocycles. The van der Waals surface area contributed by atoms with Crippen molar-refractivity contribution in [1.29, 1.82) is 0 Å². The van der Waals surface area contributed by atoms with E-state index in [1.165, 1.54) is 0 Å². The number of nitrogen functional groups attached to an aromatic ring is 1. The number of hydrogen-bond acceptors (Lipinski definition) is 1. The van der Waals surface area contributed by atoms with E-state index in [1.807, 2.05) is 42.5 Å². The molecule has 0 fully saturated rings.